The minimum Gasteiger partial charge on any atom is -0.478 e. The summed E-state index contributed by atoms with van der Waals surface area (Å²) in [5.41, 5.74) is 7.25. The molecule has 4 rings (SSSR count). The minimum absolute atomic E-state index is 0.0645. The highest BCUT2D eigenvalue weighted by Gasteiger charge is 2.27. The smallest absolute Gasteiger partial charge is 0.336 e. The molecule has 27 heavy (non-hydrogen) atoms. The first-order chi connectivity index (χ1) is 13.0. The number of halogens is 1. The van der Waals surface area contributed by atoms with E-state index in [-0.39, 0.29) is 11.7 Å². The Morgan fingerprint density at radius 2 is 1.70 bits per heavy atom. The van der Waals surface area contributed by atoms with Crippen molar-refractivity contribution < 1.29 is 14.3 Å². The molecule has 0 unspecified atom stereocenters. The van der Waals surface area contributed by atoms with E-state index in [2.05, 4.69) is 18.2 Å². The van der Waals surface area contributed by atoms with Gasteiger partial charge in [0, 0.05) is 5.56 Å². The van der Waals surface area contributed by atoms with Gasteiger partial charge in [-0.15, -0.1) is 0 Å². The Morgan fingerprint density at radius 3 is 2.37 bits per heavy atom. The number of rotatable bonds is 3. The maximum absolute atomic E-state index is 13.5. The number of carbonyl (C=O) groups is 1. The highest BCUT2D eigenvalue weighted by molar-refractivity contribution is 6.01. The first-order valence-electron chi connectivity index (χ1n) is 9.24. The average Bonchev–Trinajstić information content (AvgIpc) is 2.66. The third kappa shape index (κ3) is 2.93. The number of benzene rings is 3. The van der Waals surface area contributed by atoms with Gasteiger partial charge in [-0.2, -0.15) is 0 Å². The molecule has 1 aliphatic rings. The molecule has 0 aliphatic heterocycles. The topological polar surface area (TPSA) is 37.3 Å². The summed E-state index contributed by atoms with van der Waals surface area (Å²) in [7, 11) is 0. The number of hydrogen-bond donors (Lipinski definition) is 1. The molecular weight excluding hydrogens is 339 g/mol. The maximum atomic E-state index is 13.5. The van der Waals surface area contributed by atoms with Crippen LogP contribution in [0.4, 0.5) is 4.39 Å². The molecule has 0 spiro atoms. The molecule has 0 saturated heterocycles. The lowest BCUT2D eigenvalue weighted by molar-refractivity contribution is 0.0696. The molecule has 1 aliphatic carbocycles. The second-order valence-corrected chi connectivity index (χ2v) is 7.37. The third-order valence-electron chi connectivity index (χ3n) is 5.39. The van der Waals surface area contributed by atoms with Crippen molar-refractivity contribution in [2.45, 2.75) is 32.6 Å². The van der Waals surface area contributed by atoms with Gasteiger partial charge in [-0.25, -0.2) is 9.18 Å². The lowest BCUT2D eigenvalue weighted by atomic mass is 9.77. The highest BCUT2D eigenvalue weighted by Crippen LogP contribution is 2.43. The second-order valence-electron chi connectivity index (χ2n) is 7.37. The molecule has 0 bridgehead atoms. The van der Waals surface area contributed by atoms with Gasteiger partial charge < -0.3 is 5.11 Å². The van der Waals surface area contributed by atoms with Gasteiger partial charge in [-0.05, 0) is 70.3 Å². The Balaban J connectivity index is 2.11. The van der Waals surface area contributed by atoms with Crippen molar-refractivity contribution in [2.24, 2.45) is 0 Å². The van der Waals surface area contributed by atoms with Gasteiger partial charge in [-0.3, -0.25) is 0 Å². The van der Waals surface area contributed by atoms with E-state index in [4.69, 9.17) is 0 Å². The van der Waals surface area contributed by atoms with E-state index in [0.717, 1.165) is 40.7 Å². The molecule has 1 N–H and O–H groups in total. The molecule has 0 radical (unpaired) electrons. The Labute approximate surface area is 158 Å². The molecule has 0 amide bonds. The Kier molecular flexibility index (Phi) is 4.31. The van der Waals surface area contributed by atoms with Gasteiger partial charge >= 0.3 is 5.97 Å². The molecule has 3 heteroatoms. The van der Waals surface area contributed by atoms with Crippen molar-refractivity contribution in [3.63, 3.8) is 0 Å². The fraction of sp³-hybridized carbons (Fsp3) is 0.208. The molecule has 136 valence electrons. The van der Waals surface area contributed by atoms with Gasteiger partial charge in [0.05, 0.1) is 5.56 Å². The largest absolute Gasteiger partial charge is 0.478 e. The summed E-state index contributed by atoms with van der Waals surface area (Å²) >= 11 is 0. The van der Waals surface area contributed by atoms with E-state index < -0.39 is 5.97 Å². The standard InChI is InChI=1S/C24H21FO2/c1-14(2)20-13-21-18-6-4-3-5-15(18)9-12-19(21)22(23(20)24(26)27)16-7-10-17(25)11-8-16/h3-8,10-11,13-14H,9,12H2,1-2H3,(H,26,27). The molecule has 0 atom stereocenters. The van der Waals surface area contributed by atoms with Crippen LogP contribution in [0.5, 0.6) is 0 Å². The predicted molar refractivity (Wildman–Crippen MR) is 106 cm³/mol. The van der Waals surface area contributed by atoms with Gasteiger partial charge in [0.15, 0.2) is 0 Å². The lowest BCUT2D eigenvalue weighted by Gasteiger charge is -2.27. The van der Waals surface area contributed by atoms with Crippen molar-refractivity contribution in [2.75, 3.05) is 0 Å². The van der Waals surface area contributed by atoms with Crippen LogP contribution in [-0.4, -0.2) is 11.1 Å². The number of carboxylic acid groups (broad SMARTS) is 1. The van der Waals surface area contributed by atoms with Crippen LogP contribution in [0.15, 0.2) is 54.6 Å². The van der Waals surface area contributed by atoms with E-state index in [9.17, 15) is 14.3 Å². The van der Waals surface area contributed by atoms with Gasteiger partial charge in [-0.1, -0.05) is 50.2 Å². The fourth-order valence-corrected chi connectivity index (χ4v) is 4.13. The number of carboxylic acids is 1. The number of fused-ring (bicyclic) bond motifs is 3. The summed E-state index contributed by atoms with van der Waals surface area (Å²) in [5.74, 6) is -1.19. The molecule has 2 nitrogen and oxygen atoms in total. The highest BCUT2D eigenvalue weighted by atomic mass is 19.1. The summed E-state index contributed by atoms with van der Waals surface area (Å²) < 4.78 is 13.5. The SMILES string of the molecule is CC(C)c1cc2c(c(-c3ccc(F)cc3)c1C(=O)O)CCc1ccccc1-2. The summed E-state index contributed by atoms with van der Waals surface area (Å²) in [6, 6.07) is 16.5. The monoisotopic (exact) mass is 360 g/mol. The summed E-state index contributed by atoms with van der Waals surface area (Å²) in [6.07, 6.45) is 1.65. The Bertz CT molecular complexity index is 1030. The number of aromatic carboxylic acids is 1. The van der Waals surface area contributed by atoms with Crippen molar-refractivity contribution in [1.29, 1.82) is 0 Å². The van der Waals surface area contributed by atoms with Gasteiger partial charge in [0.1, 0.15) is 5.82 Å². The zero-order valence-corrected chi connectivity index (χ0v) is 15.4. The van der Waals surface area contributed by atoms with Crippen molar-refractivity contribution >= 4 is 5.97 Å². The van der Waals surface area contributed by atoms with Crippen LogP contribution in [0, 0.1) is 5.82 Å². The first kappa shape index (κ1) is 17.5. The van der Waals surface area contributed by atoms with Crippen molar-refractivity contribution in [1.82, 2.24) is 0 Å². The zero-order valence-electron chi connectivity index (χ0n) is 15.4. The van der Waals surface area contributed by atoms with Crippen LogP contribution in [0.2, 0.25) is 0 Å². The third-order valence-corrected chi connectivity index (χ3v) is 5.39. The first-order valence-corrected chi connectivity index (χ1v) is 9.24. The molecule has 0 aromatic heterocycles. The molecule has 3 aromatic carbocycles. The van der Waals surface area contributed by atoms with E-state index in [0.29, 0.717) is 5.56 Å². The van der Waals surface area contributed by atoms with Crippen LogP contribution in [0.3, 0.4) is 0 Å². The minimum atomic E-state index is -0.931. The second kappa shape index (κ2) is 6.66. The zero-order chi connectivity index (χ0) is 19.1. The summed E-state index contributed by atoms with van der Waals surface area (Å²) in [4.78, 5) is 12.2. The summed E-state index contributed by atoms with van der Waals surface area (Å²) in [6.45, 7) is 4.02. The van der Waals surface area contributed by atoms with Gasteiger partial charge in [0.2, 0.25) is 0 Å². The number of aryl methyl sites for hydroxylation is 1. The molecule has 3 aromatic rings. The fourth-order valence-electron chi connectivity index (χ4n) is 4.13. The normalized spacial score (nSPS) is 12.6. The van der Waals surface area contributed by atoms with Crippen LogP contribution < -0.4 is 0 Å². The Hall–Kier alpha value is -2.94. The number of hydrogen-bond acceptors (Lipinski definition) is 1. The quantitative estimate of drug-likeness (QED) is 0.614. The maximum Gasteiger partial charge on any atom is 0.336 e. The Morgan fingerprint density at radius 1 is 1.00 bits per heavy atom. The van der Waals surface area contributed by atoms with E-state index in [1.54, 1.807) is 12.1 Å². The van der Waals surface area contributed by atoms with Gasteiger partial charge in [0.25, 0.3) is 0 Å². The van der Waals surface area contributed by atoms with E-state index >= 15 is 0 Å². The van der Waals surface area contributed by atoms with Crippen molar-refractivity contribution in [3.8, 4) is 22.3 Å². The molecule has 0 fully saturated rings. The molecule has 0 heterocycles. The molecule has 0 saturated carbocycles. The van der Waals surface area contributed by atoms with Crippen LogP contribution >= 0.6 is 0 Å². The van der Waals surface area contributed by atoms with Crippen molar-refractivity contribution in [3.05, 3.63) is 82.7 Å². The van der Waals surface area contributed by atoms with Crippen LogP contribution in [0.1, 0.15) is 46.8 Å². The van der Waals surface area contributed by atoms with E-state index in [1.807, 2.05) is 26.0 Å². The molecular formula is C24H21FO2. The van der Waals surface area contributed by atoms with Crippen LogP contribution in [-0.2, 0) is 12.8 Å². The average molecular weight is 360 g/mol. The predicted octanol–water partition coefficient (Wildman–Crippen LogP) is 6.08. The summed E-state index contributed by atoms with van der Waals surface area (Å²) in [5, 5.41) is 10.0. The van der Waals surface area contributed by atoms with E-state index in [1.165, 1.54) is 23.3 Å². The lowest BCUT2D eigenvalue weighted by Crippen LogP contribution is -2.14. The van der Waals surface area contributed by atoms with Crippen LogP contribution in [0.25, 0.3) is 22.3 Å².